The largest absolute Gasteiger partial charge is 0.467 e. The van der Waals surface area contributed by atoms with Gasteiger partial charge in [-0.05, 0) is 23.6 Å². The predicted octanol–water partition coefficient (Wildman–Crippen LogP) is 2.52. The molecule has 11 heteroatoms. The first-order valence-corrected chi connectivity index (χ1v) is 12.1. The highest BCUT2D eigenvalue weighted by Crippen LogP contribution is 2.34. The van der Waals surface area contributed by atoms with Gasteiger partial charge in [0.05, 0.1) is 35.0 Å². The Hall–Kier alpha value is -3.57. The van der Waals surface area contributed by atoms with Crippen LogP contribution in [0.5, 0.6) is 0 Å². The Morgan fingerprint density at radius 3 is 2.82 bits per heavy atom. The van der Waals surface area contributed by atoms with Gasteiger partial charge in [0.2, 0.25) is 0 Å². The quantitative estimate of drug-likeness (QED) is 0.437. The van der Waals surface area contributed by atoms with E-state index in [1.165, 1.54) is 0 Å². The van der Waals surface area contributed by atoms with E-state index < -0.39 is 0 Å². The molecule has 1 saturated heterocycles. The van der Waals surface area contributed by atoms with Gasteiger partial charge in [-0.25, -0.2) is 15.0 Å². The normalized spacial score (nSPS) is 19.2. The molecule has 1 atom stereocenters. The van der Waals surface area contributed by atoms with Gasteiger partial charge in [0, 0.05) is 39.6 Å². The molecule has 10 nitrogen and oxygen atoms in total. The number of aryl methyl sites for hydroxylation is 1. The molecule has 6 heterocycles. The highest BCUT2D eigenvalue weighted by molar-refractivity contribution is 7.12. The van der Waals surface area contributed by atoms with Crippen LogP contribution < -0.4 is 4.90 Å². The molecule has 0 radical (unpaired) electrons. The van der Waals surface area contributed by atoms with E-state index in [2.05, 4.69) is 24.9 Å². The number of hydrogen-bond acceptors (Lipinski definition) is 9. The summed E-state index contributed by atoms with van der Waals surface area (Å²) in [4.78, 5) is 27.7. The number of furan rings is 1. The Labute approximate surface area is 200 Å². The number of thiophene rings is 1. The maximum atomic E-state index is 13.4. The van der Waals surface area contributed by atoms with Gasteiger partial charge in [-0.1, -0.05) is 6.07 Å². The lowest BCUT2D eigenvalue weighted by atomic mass is 10.1. The van der Waals surface area contributed by atoms with Crippen LogP contribution in [-0.2, 0) is 11.8 Å². The van der Waals surface area contributed by atoms with Gasteiger partial charge in [-0.3, -0.25) is 14.4 Å². The fourth-order valence-electron chi connectivity index (χ4n) is 4.62. The Morgan fingerprint density at radius 1 is 1.18 bits per heavy atom. The van der Waals surface area contributed by atoms with Crippen molar-refractivity contribution in [2.75, 3.05) is 37.6 Å². The SMILES string of the molecule is Cn1ncc2c(N3CCN(CC(=O)N4N=C(c5cccs5)CC4c4ccco4)CC3)ncnc21. The Morgan fingerprint density at radius 2 is 2.06 bits per heavy atom. The van der Waals surface area contributed by atoms with Gasteiger partial charge < -0.3 is 9.32 Å². The summed E-state index contributed by atoms with van der Waals surface area (Å²) < 4.78 is 7.41. The number of hydrazone groups is 1. The lowest BCUT2D eigenvalue weighted by molar-refractivity contribution is -0.134. The Bertz CT molecular complexity index is 1320. The van der Waals surface area contributed by atoms with Crippen molar-refractivity contribution in [3.63, 3.8) is 0 Å². The molecule has 2 aliphatic heterocycles. The smallest absolute Gasteiger partial charge is 0.257 e. The molecule has 0 N–H and O–H groups in total. The molecular formula is C23H24N8O2S. The number of fused-ring (bicyclic) bond motifs is 1. The maximum absolute atomic E-state index is 13.4. The third kappa shape index (κ3) is 3.76. The Kier molecular flexibility index (Phi) is 5.34. The van der Waals surface area contributed by atoms with E-state index in [1.807, 2.05) is 42.9 Å². The first-order valence-electron chi connectivity index (χ1n) is 11.2. The molecule has 0 bridgehead atoms. The summed E-state index contributed by atoms with van der Waals surface area (Å²) in [5.74, 6) is 1.64. The standard InChI is InChI=1S/C23H24N8O2S/c1-28-22-16(13-26-28)23(25-15-24-22)30-8-6-29(7-9-30)14-21(32)31-18(19-4-2-10-33-19)12-17(27-31)20-5-3-11-34-20/h2-5,10-11,13,15,18H,6-9,12,14H2,1H3. The van der Waals surface area contributed by atoms with Gasteiger partial charge in [0.15, 0.2) is 5.65 Å². The van der Waals surface area contributed by atoms with E-state index in [-0.39, 0.29) is 11.9 Å². The topological polar surface area (TPSA) is 95.9 Å². The van der Waals surface area contributed by atoms with Crippen molar-refractivity contribution >= 4 is 39.8 Å². The fourth-order valence-corrected chi connectivity index (χ4v) is 5.34. The number of piperazine rings is 1. The van der Waals surface area contributed by atoms with Crippen LogP contribution in [0.2, 0.25) is 0 Å². The van der Waals surface area contributed by atoms with Gasteiger partial charge in [-0.15, -0.1) is 11.3 Å². The van der Waals surface area contributed by atoms with Crippen molar-refractivity contribution in [3.8, 4) is 0 Å². The molecule has 1 amide bonds. The van der Waals surface area contributed by atoms with Crippen LogP contribution >= 0.6 is 11.3 Å². The van der Waals surface area contributed by atoms with E-state index >= 15 is 0 Å². The number of aromatic nitrogens is 4. The number of carbonyl (C=O) groups is 1. The monoisotopic (exact) mass is 476 g/mol. The summed E-state index contributed by atoms with van der Waals surface area (Å²) in [5, 5.41) is 13.6. The molecule has 6 rings (SSSR count). The first-order chi connectivity index (χ1) is 16.7. The third-order valence-electron chi connectivity index (χ3n) is 6.38. The minimum absolute atomic E-state index is 0.0157. The average molecular weight is 477 g/mol. The molecule has 0 aromatic carbocycles. The highest BCUT2D eigenvalue weighted by Gasteiger charge is 2.36. The summed E-state index contributed by atoms with van der Waals surface area (Å²) in [7, 11) is 1.88. The number of hydrogen-bond donors (Lipinski definition) is 0. The van der Waals surface area contributed by atoms with E-state index in [0.29, 0.717) is 13.0 Å². The van der Waals surface area contributed by atoms with Crippen LogP contribution in [0, 0.1) is 0 Å². The molecule has 2 aliphatic rings. The summed E-state index contributed by atoms with van der Waals surface area (Å²) in [6, 6.07) is 7.61. The Balaban J connectivity index is 1.14. The molecule has 0 aliphatic carbocycles. The van der Waals surface area contributed by atoms with Crippen LogP contribution in [0.3, 0.4) is 0 Å². The summed E-state index contributed by atoms with van der Waals surface area (Å²) in [6.45, 7) is 3.40. The second kappa shape index (κ2) is 8.65. The van der Waals surface area contributed by atoms with Crippen LogP contribution in [0.1, 0.15) is 23.1 Å². The lowest BCUT2D eigenvalue weighted by Crippen LogP contribution is -2.49. The minimum Gasteiger partial charge on any atom is -0.467 e. The molecule has 0 saturated carbocycles. The zero-order valence-corrected chi connectivity index (χ0v) is 19.6. The van der Waals surface area contributed by atoms with Gasteiger partial charge in [-0.2, -0.15) is 10.2 Å². The van der Waals surface area contributed by atoms with Gasteiger partial charge >= 0.3 is 0 Å². The highest BCUT2D eigenvalue weighted by atomic mass is 32.1. The van der Waals surface area contributed by atoms with Crippen LogP contribution in [-0.4, -0.2) is 74.0 Å². The van der Waals surface area contributed by atoms with Crippen molar-refractivity contribution in [3.05, 3.63) is 59.1 Å². The van der Waals surface area contributed by atoms with Gasteiger partial charge in [0.25, 0.3) is 5.91 Å². The summed E-state index contributed by atoms with van der Waals surface area (Å²) in [5.41, 5.74) is 1.75. The maximum Gasteiger partial charge on any atom is 0.257 e. The van der Waals surface area contributed by atoms with Gasteiger partial charge in [0.1, 0.15) is 23.9 Å². The number of amides is 1. The molecule has 34 heavy (non-hydrogen) atoms. The van der Waals surface area contributed by atoms with E-state index in [9.17, 15) is 4.79 Å². The first kappa shape index (κ1) is 21.0. The third-order valence-corrected chi connectivity index (χ3v) is 7.30. The summed E-state index contributed by atoms with van der Waals surface area (Å²) in [6.07, 6.45) is 5.70. The zero-order chi connectivity index (χ0) is 23.1. The number of carbonyl (C=O) groups excluding carboxylic acids is 1. The lowest BCUT2D eigenvalue weighted by Gasteiger charge is -2.35. The number of nitrogens with zero attached hydrogens (tertiary/aromatic N) is 8. The van der Waals surface area contributed by atoms with Crippen molar-refractivity contribution in [2.45, 2.75) is 12.5 Å². The van der Waals surface area contributed by atoms with Crippen LogP contribution in [0.25, 0.3) is 11.0 Å². The second-order valence-corrected chi connectivity index (χ2v) is 9.41. The summed E-state index contributed by atoms with van der Waals surface area (Å²) >= 11 is 1.64. The molecule has 4 aromatic heterocycles. The molecular weight excluding hydrogens is 452 g/mol. The minimum atomic E-state index is -0.208. The van der Waals surface area contributed by atoms with E-state index in [0.717, 1.165) is 59.4 Å². The molecule has 1 fully saturated rings. The van der Waals surface area contributed by atoms with Crippen molar-refractivity contribution < 1.29 is 9.21 Å². The van der Waals surface area contributed by atoms with Crippen molar-refractivity contribution in [1.82, 2.24) is 29.7 Å². The van der Waals surface area contributed by atoms with Crippen LogP contribution in [0.4, 0.5) is 5.82 Å². The van der Waals surface area contributed by atoms with E-state index in [4.69, 9.17) is 9.52 Å². The molecule has 1 unspecified atom stereocenters. The second-order valence-electron chi connectivity index (χ2n) is 8.46. The molecule has 4 aromatic rings. The number of rotatable bonds is 5. The van der Waals surface area contributed by atoms with E-state index in [1.54, 1.807) is 33.6 Å². The molecule has 0 spiro atoms. The van der Waals surface area contributed by atoms with Crippen LogP contribution in [0.15, 0.2) is 58.0 Å². The zero-order valence-electron chi connectivity index (χ0n) is 18.7. The predicted molar refractivity (Wildman–Crippen MR) is 129 cm³/mol. The number of anilines is 1. The van der Waals surface area contributed by atoms with Crippen molar-refractivity contribution in [1.29, 1.82) is 0 Å². The van der Waals surface area contributed by atoms with Crippen molar-refractivity contribution in [2.24, 2.45) is 12.1 Å². The average Bonchev–Trinajstić information content (AvgIpc) is 3.66. The molecule has 174 valence electrons. The fraction of sp³-hybridized carbons (Fsp3) is 0.348.